The zero-order chi connectivity index (χ0) is 13.5. The van der Waals surface area contributed by atoms with Gasteiger partial charge < -0.3 is 19.3 Å². The summed E-state index contributed by atoms with van der Waals surface area (Å²) in [5.41, 5.74) is 0.604. The Hall–Kier alpha value is -1.75. The third-order valence-electron chi connectivity index (χ3n) is 2.53. The molecule has 1 atom stereocenters. The Balaban J connectivity index is 3.07. The fourth-order valence-corrected chi connectivity index (χ4v) is 1.59. The Morgan fingerprint density at radius 2 is 1.78 bits per heavy atom. The van der Waals surface area contributed by atoms with Crippen molar-refractivity contribution < 1.29 is 24.1 Å². The van der Waals surface area contributed by atoms with E-state index in [0.717, 1.165) is 0 Å². The number of ether oxygens (including phenoxy) is 3. The van der Waals surface area contributed by atoms with Crippen LogP contribution in [-0.2, 0) is 9.53 Å². The molecule has 0 fully saturated rings. The van der Waals surface area contributed by atoms with Gasteiger partial charge in [0.1, 0.15) is 17.4 Å². The number of hydrogen-bond donors (Lipinski definition) is 1. The van der Waals surface area contributed by atoms with Crippen molar-refractivity contribution in [2.45, 2.75) is 12.8 Å². The van der Waals surface area contributed by atoms with Crippen LogP contribution in [0.4, 0.5) is 0 Å². The summed E-state index contributed by atoms with van der Waals surface area (Å²) in [6.45, 7) is 1.67. The molecule has 0 saturated heterocycles. The van der Waals surface area contributed by atoms with Crippen LogP contribution < -0.4 is 9.47 Å². The first-order valence-corrected chi connectivity index (χ1v) is 5.66. The molecule has 0 aromatic heterocycles. The highest BCUT2D eigenvalue weighted by molar-refractivity contribution is 5.78. The second-order valence-electron chi connectivity index (χ2n) is 3.63. The SMILES string of the molecule is CCOC(=O)[C@@H](CO)c1cc(OC)cc(OC)c1. The molecule has 18 heavy (non-hydrogen) atoms. The summed E-state index contributed by atoms with van der Waals surface area (Å²) in [5.74, 6) is -0.0662. The number of carbonyl (C=O) groups excluding carboxylic acids is 1. The lowest BCUT2D eigenvalue weighted by Crippen LogP contribution is -2.19. The Morgan fingerprint density at radius 1 is 1.22 bits per heavy atom. The van der Waals surface area contributed by atoms with Crippen molar-refractivity contribution in [3.8, 4) is 11.5 Å². The maximum absolute atomic E-state index is 11.7. The molecule has 1 aromatic carbocycles. The molecule has 0 heterocycles. The topological polar surface area (TPSA) is 65.0 Å². The maximum atomic E-state index is 11.7. The molecule has 5 nitrogen and oxygen atoms in total. The quantitative estimate of drug-likeness (QED) is 0.776. The second kappa shape index (κ2) is 6.86. The molecule has 0 unspecified atom stereocenters. The highest BCUT2D eigenvalue weighted by Gasteiger charge is 2.22. The van der Waals surface area contributed by atoms with Gasteiger partial charge >= 0.3 is 5.97 Å². The van der Waals surface area contributed by atoms with E-state index < -0.39 is 11.9 Å². The van der Waals surface area contributed by atoms with E-state index in [9.17, 15) is 9.90 Å². The molecule has 0 aliphatic rings. The first-order valence-electron chi connectivity index (χ1n) is 5.66. The van der Waals surface area contributed by atoms with Crippen LogP contribution in [-0.4, -0.2) is 38.5 Å². The lowest BCUT2D eigenvalue weighted by Gasteiger charge is -2.15. The van der Waals surface area contributed by atoms with Crippen molar-refractivity contribution >= 4 is 5.97 Å². The smallest absolute Gasteiger partial charge is 0.315 e. The number of hydrogen-bond acceptors (Lipinski definition) is 5. The van der Waals surface area contributed by atoms with Gasteiger partial charge in [0, 0.05) is 6.07 Å². The Labute approximate surface area is 106 Å². The van der Waals surface area contributed by atoms with Gasteiger partial charge in [-0.05, 0) is 24.6 Å². The molecule has 1 rings (SSSR count). The van der Waals surface area contributed by atoms with Crippen molar-refractivity contribution in [3.63, 3.8) is 0 Å². The molecule has 0 radical (unpaired) electrons. The van der Waals surface area contributed by atoms with Gasteiger partial charge in [-0.15, -0.1) is 0 Å². The van der Waals surface area contributed by atoms with Crippen LogP contribution in [0.5, 0.6) is 11.5 Å². The summed E-state index contributed by atoms with van der Waals surface area (Å²) >= 11 is 0. The van der Waals surface area contributed by atoms with Crippen molar-refractivity contribution in [3.05, 3.63) is 23.8 Å². The van der Waals surface area contributed by atoms with Gasteiger partial charge in [-0.1, -0.05) is 0 Å². The number of rotatable bonds is 6. The fraction of sp³-hybridized carbons (Fsp3) is 0.462. The Morgan fingerprint density at radius 3 is 2.17 bits per heavy atom. The minimum atomic E-state index is -0.728. The van der Waals surface area contributed by atoms with Gasteiger partial charge in [0.2, 0.25) is 0 Å². The molecule has 5 heteroatoms. The van der Waals surface area contributed by atoms with Crippen LogP contribution in [0.2, 0.25) is 0 Å². The summed E-state index contributed by atoms with van der Waals surface area (Å²) in [4.78, 5) is 11.7. The molecule has 0 aliphatic carbocycles. The van der Waals surface area contributed by atoms with Gasteiger partial charge in [-0.25, -0.2) is 0 Å². The van der Waals surface area contributed by atoms with Crippen LogP contribution in [0.1, 0.15) is 18.4 Å². The lowest BCUT2D eigenvalue weighted by molar-refractivity contribution is -0.145. The Bertz CT molecular complexity index is 380. The molecule has 0 saturated carbocycles. The number of aliphatic hydroxyl groups is 1. The first-order chi connectivity index (χ1) is 8.65. The van der Waals surface area contributed by atoms with Crippen LogP contribution in [0.3, 0.4) is 0 Å². The van der Waals surface area contributed by atoms with Crippen molar-refractivity contribution in [2.24, 2.45) is 0 Å². The largest absolute Gasteiger partial charge is 0.497 e. The zero-order valence-corrected chi connectivity index (χ0v) is 10.8. The van der Waals surface area contributed by atoms with E-state index >= 15 is 0 Å². The standard InChI is InChI=1S/C13H18O5/c1-4-18-13(15)12(8-14)9-5-10(16-2)7-11(6-9)17-3/h5-7,12,14H,4,8H2,1-3H3/t12-/m0/s1. The molecule has 0 amide bonds. The average Bonchev–Trinajstić information content (AvgIpc) is 2.39. The second-order valence-corrected chi connectivity index (χ2v) is 3.63. The van der Waals surface area contributed by atoms with Gasteiger partial charge in [0.05, 0.1) is 27.4 Å². The summed E-state index contributed by atoms with van der Waals surface area (Å²) < 4.78 is 15.2. The summed E-state index contributed by atoms with van der Waals surface area (Å²) in [5, 5.41) is 9.32. The predicted molar refractivity (Wildman–Crippen MR) is 66.0 cm³/mol. The van der Waals surface area contributed by atoms with Crippen LogP contribution in [0.25, 0.3) is 0 Å². The van der Waals surface area contributed by atoms with Crippen LogP contribution in [0, 0.1) is 0 Å². The van der Waals surface area contributed by atoms with E-state index in [1.807, 2.05) is 0 Å². The zero-order valence-electron chi connectivity index (χ0n) is 10.8. The van der Waals surface area contributed by atoms with Gasteiger partial charge in [-0.3, -0.25) is 4.79 Å². The van der Waals surface area contributed by atoms with Crippen molar-refractivity contribution in [1.29, 1.82) is 0 Å². The summed E-state index contributed by atoms with van der Waals surface area (Å²) in [7, 11) is 3.05. The fourth-order valence-electron chi connectivity index (χ4n) is 1.59. The van der Waals surface area contributed by atoms with Gasteiger partial charge in [-0.2, -0.15) is 0 Å². The van der Waals surface area contributed by atoms with E-state index in [2.05, 4.69) is 0 Å². The molecule has 0 bridgehead atoms. The molecule has 0 spiro atoms. The van der Waals surface area contributed by atoms with E-state index in [4.69, 9.17) is 14.2 Å². The molecule has 1 N–H and O–H groups in total. The first kappa shape index (κ1) is 14.3. The average molecular weight is 254 g/mol. The highest BCUT2D eigenvalue weighted by atomic mass is 16.5. The number of benzene rings is 1. The van der Waals surface area contributed by atoms with E-state index in [-0.39, 0.29) is 13.2 Å². The van der Waals surface area contributed by atoms with Gasteiger partial charge in [0.25, 0.3) is 0 Å². The third kappa shape index (κ3) is 3.37. The number of esters is 1. The van der Waals surface area contributed by atoms with Crippen molar-refractivity contribution in [2.75, 3.05) is 27.4 Å². The van der Waals surface area contributed by atoms with E-state index in [0.29, 0.717) is 17.1 Å². The van der Waals surface area contributed by atoms with Crippen molar-refractivity contribution in [1.82, 2.24) is 0 Å². The van der Waals surface area contributed by atoms with E-state index in [1.54, 1.807) is 25.1 Å². The van der Waals surface area contributed by atoms with Gasteiger partial charge in [0.15, 0.2) is 0 Å². The monoisotopic (exact) mass is 254 g/mol. The third-order valence-corrected chi connectivity index (χ3v) is 2.53. The number of carbonyl (C=O) groups is 1. The number of methoxy groups -OCH3 is 2. The molecule has 100 valence electrons. The Kier molecular flexibility index (Phi) is 5.45. The summed E-state index contributed by atoms with van der Waals surface area (Å²) in [6.07, 6.45) is 0. The molecular formula is C13H18O5. The van der Waals surface area contributed by atoms with Crippen LogP contribution in [0.15, 0.2) is 18.2 Å². The normalized spacial score (nSPS) is 11.8. The lowest BCUT2D eigenvalue weighted by atomic mass is 9.99. The van der Waals surface area contributed by atoms with Crippen LogP contribution >= 0.6 is 0 Å². The molecular weight excluding hydrogens is 236 g/mol. The van der Waals surface area contributed by atoms with E-state index in [1.165, 1.54) is 14.2 Å². The minimum absolute atomic E-state index is 0.274. The minimum Gasteiger partial charge on any atom is -0.497 e. The predicted octanol–water partition coefficient (Wildman–Crippen LogP) is 1.34. The number of aliphatic hydroxyl groups excluding tert-OH is 1. The highest BCUT2D eigenvalue weighted by Crippen LogP contribution is 2.28. The molecule has 1 aromatic rings. The summed E-state index contributed by atoms with van der Waals surface area (Å²) in [6, 6.07) is 5.06. The maximum Gasteiger partial charge on any atom is 0.315 e. The molecule has 0 aliphatic heterocycles.